The number of fused-ring (bicyclic) bond motifs is 1. The third-order valence-corrected chi connectivity index (χ3v) is 6.19. The minimum atomic E-state index is -0.391. The summed E-state index contributed by atoms with van der Waals surface area (Å²) in [5.74, 6) is 0.148. The number of aromatic nitrogens is 1. The first kappa shape index (κ1) is 19.3. The van der Waals surface area contributed by atoms with Crippen molar-refractivity contribution in [1.29, 1.82) is 0 Å². The van der Waals surface area contributed by atoms with Gasteiger partial charge in [-0.15, -0.1) is 0 Å². The number of Topliss-reactive ketones (excluding diaryl/α,β-unsaturated/α-hetero) is 1. The second kappa shape index (κ2) is 7.54. The van der Waals surface area contributed by atoms with Crippen molar-refractivity contribution in [2.24, 2.45) is 0 Å². The zero-order valence-corrected chi connectivity index (χ0v) is 17.3. The number of ketones is 1. The zero-order chi connectivity index (χ0) is 21.5. The summed E-state index contributed by atoms with van der Waals surface area (Å²) in [4.78, 5) is 25.3. The molecular weight excluding hydrogens is 392 g/mol. The Balaban J connectivity index is 1.59. The number of nitrogens with one attached hydrogen (secondary N) is 1. The molecule has 1 aliphatic carbocycles. The smallest absolute Gasteiger partial charge is 0.337 e. The fraction of sp³-hybridized carbons (Fsp3) is 0.240. The Morgan fingerprint density at radius 3 is 2.52 bits per heavy atom. The van der Waals surface area contributed by atoms with Crippen LogP contribution < -0.4 is 5.32 Å². The highest BCUT2D eigenvalue weighted by Gasteiger charge is 2.41. The van der Waals surface area contributed by atoms with Crippen molar-refractivity contribution in [1.82, 2.24) is 5.16 Å². The zero-order valence-electron chi connectivity index (χ0n) is 17.3. The number of hydrogen-bond donors (Lipinski definition) is 1. The number of allylic oxidation sites excluding steroid dienone is 2. The van der Waals surface area contributed by atoms with Crippen LogP contribution in [-0.2, 0) is 9.53 Å². The number of carbonyl (C=O) groups excluding carboxylic acids is 2. The molecule has 0 spiro atoms. The van der Waals surface area contributed by atoms with Crippen molar-refractivity contribution < 1.29 is 18.8 Å². The van der Waals surface area contributed by atoms with Gasteiger partial charge in [0.05, 0.1) is 23.9 Å². The van der Waals surface area contributed by atoms with Gasteiger partial charge >= 0.3 is 5.97 Å². The number of hydrogen-bond acceptors (Lipinski definition) is 6. The van der Waals surface area contributed by atoms with Gasteiger partial charge in [0, 0.05) is 23.6 Å². The van der Waals surface area contributed by atoms with E-state index in [0.717, 1.165) is 40.1 Å². The van der Waals surface area contributed by atoms with Crippen molar-refractivity contribution in [2.45, 2.75) is 31.6 Å². The van der Waals surface area contributed by atoms with Crippen LogP contribution in [0.2, 0.25) is 0 Å². The minimum absolute atomic E-state index is 0.118. The van der Waals surface area contributed by atoms with Gasteiger partial charge in [-0.25, -0.2) is 4.79 Å². The van der Waals surface area contributed by atoms with Gasteiger partial charge in [-0.1, -0.05) is 47.6 Å². The van der Waals surface area contributed by atoms with E-state index in [-0.39, 0.29) is 17.6 Å². The van der Waals surface area contributed by atoms with Crippen LogP contribution in [0, 0.1) is 6.92 Å². The van der Waals surface area contributed by atoms with Crippen LogP contribution in [-0.4, -0.2) is 24.0 Å². The van der Waals surface area contributed by atoms with Gasteiger partial charge in [-0.05, 0) is 42.5 Å². The molecule has 0 bridgehead atoms. The third-order valence-electron chi connectivity index (χ3n) is 6.19. The summed E-state index contributed by atoms with van der Waals surface area (Å²) in [6.45, 7) is 1.88. The second-order valence-electron chi connectivity index (χ2n) is 8.01. The molecule has 0 fully saturated rings. The van der Waals surface area contributed by atoms with E-state index in [4.69, 9.17) is 9.26 Å². The molecule has 6 nitrogen and oxygen atoms in total. The van der Waals surface area contributed by atoms with Gasteiger partial charge in [-0.3, -0.25) is 4.79 Å². The van der Waals surface area contributed by atoms with E-state index in [0.29, 0.717) is 17.9 Å². The number of benzene rings is 2. The Morgan fingerprint density at radius 2 is 1.81 bits per heavy atom. The van der Waals surface area contributed by atoms with Gasteiger partial charge in [0.1, 0.15) is 0 Å². The molecule has 0 radical (unpaired) electrons. The Morgan fingerprint density at radius 1 is 1.06 bits per heavy atom. The highest BCUT2D eigenvalue weighted by Crippen LogP contribution is 2.48. The van der Waals surface area contributed by atoms with Crippen LogP contribution in [0.4, 0.5) is 5.88 Å². The first-order valence-electron chi connectivity index (χ1n) is 10.3. The van der Waals surface area contributed by atoms with E-state index in [1.807, 2.05) is 37.3 Å². The average molecular weight is 414 g/mol. The normalized spacial score (nSPS) is 20.0. The summed E-state index contributed by atoms with van der Waals surface area (Å²) >= 11 is 0. The van der Waals surface area contributed by atoms with Crippen LogP contribution in [0.3, 0.4) is 0 Å². The van der Waals surface area contributed by atoms with Gasteiger partial charge in [0.2, 0.25) is 5.88 Å². The maximum Gasteiger partial charge on any atom is 0.337 e. The maximum absolute atomic E-state index is 13.4. The van der Waals surface area contributed by atoms with Crippen molar-refractivity contribution in [3.8, 4) is 0 Å². The standard InChI is InChI=1S/C25H22N2O4/c1-14-21-22(16-8-10-17(11-9-16)25(29)30-2)23-19(26-24(21)31-27-14)12-18(13-20(23)28)15-6-4-3-5-7-15/h3-11,18,22,26H,12-13H2,1-2H3. The summed E-state index contributed by atoms with van der Waals surface area (Å²) in [6.07, 6.45) is 1.18. The number of anilines is 1. The molecule has 2 unspecified atom stereocenters. The van der Waals surface area contributed by atoms with Crippen molar-refractivity contribution in [3.63, 3.8) is 0 Å². The lowest BCUT2D eigenvalue weighted by Crippen LogP contribution is -2.29. The summed E-state index contributed by atoms with van der Waals surface area (Å²) in [6, 6.07) is 17.3. The van der Waals surface area contributed by atoms with Gasteiger partial charge < -0.3 is 14.6 Å². The molecule has 6 heteroatoms. The molecule has 2 aromatic carbocycles. The maximum atomic E-state index is 13.4. The lowest BCUT2D eigenvalue weighted by Gasteiger charge is -2.34. The molecule has 0 amide bonds. The number of rotatable bonds is 3. The molecule has 2 aliphatic rings. The number of aryl methyl sites for hydroxylation is 1. The van der Waals surface area contributed by atoms with Crippen molar-refractivity contribution in [3.05, 3.63) is 93.8 Å². The first-order chi connectivity index (χ1) is 15.1. The van der Waals surface area contributed by atoms with Gasteiger partial charge in [-0.2, -0.15) is 0 Å². The average Bonchev–Trinajstić information content (AvgIpc) is 3.18. The first-order valence-corrected chi connectivity index (χ1v) is 10.3. The fourth-order valence-corrected chi connectivity index (χ4v) is 4.70. The lowest BCUT2D eigenvalue weighted by molar-refractivity contribution is -0.116. The van der Waals surface area contributed by atoms with E-state index < -0.39 is 5.97 Å². The Kier molecular flexibility index (Phi) is 4.70. The molecule has 5 rings (SSSR count). The predicted octanol–water partition coefficient (Wildman–Crippen LogP) is 4.73. The Hall–Kier alpha value is -3.67. The highest BCUT2D eigenvalue weighted by atomic mass is 16.5. The fourth-order valence-electron chi connectivity index (χ4n) is 4.70. The number of carbonyl (C=O) groups is 2. The number of esters is 1. The van der Waals surface area contributed by atoms with E-state index in [1.54, 1.807) is 12.1 Å². The van der Waals surface area contributed by atoms with E-state index in [1.165, 1.54) is 7.11 Å². The second-order valence-corrected chi connectivity index (χ2v) is 8.01. The van der Waals surface area contributed by atoms with Crippen LogP contribution in [0.25, 0.3) is 0 Å². The van der Waals surface area contributed by atoms with Crippen LogP contribution >= 0.6 is 0 Å². The molecule has 1 aromatic heterocycles. The molecular formula is C25H22N2O4. The molecule has 0 saturated carbocycles. The predicted molar refractivity (Wildman–Crippen MR) is 115 cm³/mol. The lowest BCUT2D eigenvalue weighted by atomic mass is 9.72. The molecule has 2 atom stereocenters. The van der Waals surface area contributed by atoms with E-state index in [2.05, 4.69) is 22.6 Å². The van der Waals surface area contributed by atoms with Gasteiger partial charge in [0.25, 0.3) is 0 Å². The van der Waals surface area contributed by atoms with Gasteiger partial charge in [0.15, 0.2) is 5.78 Å². The van der Waals surface area contributed by atoms with E-state index in [9.17, 15) is 9.59 Å². The largest absolute Gasteiger partial charge is 0.465 e. The number of nitrogens with zero attached hydrogens (tertiary/aromatic N) is 1. The molecule has 156 valence electrons. The number of ether oxygens (including phenoxy) is 1. The highest BCUT2D eigenvalue weighted by molar-refractivity contribution is 6.01. The monoisotopic (exact) mass is 414 g/mol. The molecule has 2 heterocycles. The minimum Gasteiger partial charge on any atom is -0.465 e. The summed E-state index contributed by atoms with van der Waals surface area (Å²) < 4.78 is 10.4. The van der Waals surface area contributed by atoms with Crippen LogP contribution in [0.1, 0.15) is 57.4 Å². The number of methoxy groups -OCH3 is 1. The quantitative estimate of drug-likeness (QED) is 0.624. The van der Waals surface area contributed by atoms with E-state index >= 15 is 0 Å². The molecule has 3 aromatic rings. The topological polar surface area (TPSA) is 81.4 Å². The SMILES string of the molecule is COC(=O)c1ccc(C2C3=C(CC(c4ccccc4)CC3=O)Nc3onc(C)c32)cc1. The molecule has 1 N–H and O–H groups in total. The summed E-state index contributed by atoms with van der Waals surface area (Å²) in [5, 5.41) is 7.49. The summed E-state index contributed by atoms with van der Waals surface area (Å²) in [7, 11) is 1.36. The summed E-state index contributed by atoms with van der Waals surface area (Å²) in [5.41, 5.74) is 5.80. The van der Waals surface area contributed by atoms with Crippen molar-refractivity contribution in [2.75, 3.05) is 12.4 Å². The van der Waals surface area contributed by atoms with Crippen LogP contribution in [0.15, 0.2) is 70.4 Å². The molecule has 0 saturated heterocycles. The third kappa shape index (κ3) is 3.24. The van der Waals surface area contributed by atoms with Crippen molar-refractivity contribution >= 4 is 17.6 Å². The molecule has 31 heavy (non-hydrogen) atoms. The Bertz CT molecular complexity index is 1190. The molecule has 1 aliphatic heterocycles. The Labute approximate surface area is 179 Å². The van der Waals surface area contributed by atoms with Crippen LogP contribution in [0.5, 0.6) is 0 Å².